The number of amides is 2. The molecule has 2 amide bonds. The van der Waals surface area contributed by atoms with E-state index in [-0.39, 0.29) is 17.6 Å². The van der Waals surface area contributed by atoms with Crippen LogP contribution in [0.3, 0.4) is 0 Å². The van der Waals surface area contributed by atoms with Crippen LogP contribution in [0.2, 0.25) is 0 Å². The molecule has 154 valence electrons. The van der Waals surface area contributed by atoms with Crippen molar-refractivity contribution in [2.24, 2.45) is 0 Å². The number of hydrogen-bond acceptors (Lipinski definition) is 3. The van der Waals surface area contributed by atoms with Crippen molar-refractivity contribution in [3.05, 3.63) is 101 Å². The van der Waals surface area contributed by atoms with E-state index in [0.29, 0.717) is 17.8 Å². The van der Waals surface area contributed by atoms with E-state index in [9.17, 15) is 14.0 Å². The van der Waals surface area contributed by atoms with Gasteiger partial charge >= 0.3 is 0 Å². The van der Waals surface area contributed by atoms with Gasteiger partial charge in [-0.2, -0.15) is 0 Å². The van der Waals surface area contributed by atoms with Crippen molar-refractivity contribution >= 4 is 17.5 Å². The van der Waals surface area contributed by atoms with E-state index in [1.165, 1.54) is 18.2 Å². The summed E-state index contributed by atoms with van der Waals surface area (Å²) < 4.78 is 19.3. The Kier molecular flexibility index (Phi) is 6.93. The molecule has 0 fully saturated rings. The number of aryl methyl sites for hydroxylation is 1. The fraction of sp³-hybridized carbons (Fsp3) is 0.167. The Morgan fingerprint density at radius 2 is 1.67 bits per heavy atom. The van der Waals surface area contributed by atoms with Crippen LogP contribution in [0.1, 0.15) is 37.9 Å². The Balaban J connectivity index is 1.70. The van der Waals surface area contributed by atoms with Gasteiger partial charge in [-0.3, -0.25) is 9.59 Å². The molecule has 3 rings (SSSR count). The van der Waals surface area contributed by atoms with Crippen molar-refractivity contribution in [1.29, 1.82) is 0 Å². The van der Waals surface area contributed by atoms with Gasteiger partial charge in [0.15, 0.2) is 0 Å². The van der Waals surface area contributed by atoms with Crippen LogP contribution in [-0.2, 0) is 4.74 Å². The number of carbonyl (C=O) groups excluding carboxylic acids is 2. The number of hydrogen-bond donors (Lipinski definition) is 2. The Bertz CT molecular complexity index is 1040. The fourth-order valence-electron chi connectivity index (χ4n) is 3.03. The minimum absolute atomic E-state index is 0.0578. The zero-order chi connectivity index (χ0) is 21.5. The molecule has 0 aliphatic heterocycles. The van der Waals surface area contributed by atoms with Gasteiger partial charge in [-0.1, -0.05) is 48.5 Å². The Morgan fingerprint density at radius 1 is 0.967 bits per heavy atom. The fourth-order valence-corrected chi connectivity index (χ4v) is 3.03. The Hall–Kier alpha value is -3.51. The summed E-state index contributed by atoms with van der Waals surface area (Å²) in [6, 6.07) is 20.3. The van der Waals surface area contributed by atoms with Crippen LogP contribution in [0, 0.1) is 12.7 Å². The molecule has 0 saturated carbocycles. The topological polar surface area (TPSA) is 67.4 Å². The highest BCUT2D eigenvalue weighted by atomic mass is 19.1. The summed E-state index contributed by atoms with van der Waals surface area (Å²) in [7, 11) is 1.59. The summed E-state index contributed by atoms with van der Waals surface area (Å²) in [4.78, 5) is 25.0. The van der Waals surface area contributed by atoms with Crippen LogP contribution in [-0.4, -0.2) is 25.5 Å². The summed E-state index contributed by atoms with van der Waals surface area (Å²) >= 11 is 0. The lowest BCUT2D eigenvalue weighted by molar-refractivity contribution is 0.0827. The van der Waals surface area contributed by atoms with Crippen molar-refractivity contribution in [3.8, 4) is 0 Å². The van der Waals surface area contributed by atoms with Crippen LogP contribution in [0.15, 0.2) is 72.8 Å². The number of rotatable bonds is 7. The number of ether oxygens (including phenoxy) is 1. The normalized spacial score (nSPS) is 11.6. The molecule has 3 aromatic rings. The van der Waals surface area contributed by atoms with Crippen LogP contribution in [0.5, 0.6) is 0 Å². The molecule has 0 saturated heterocycles. The largest absolute Gasteiger partial charge is 0.375 e. The van der Waals surface area contributed by atoms with E-state index in [4.69, 9.17) is 4.74 Å². The quantitative estimate of drug-likeness (QED) is 0.607. The van der Waals surface area contributed by atoms with E-state index < -0.39 is 11.7 Å². The second kappa shape index (κ2) is 9.80. The van der Waals surface area contributed by atoms with Crippen molar-refractivity contribution < 1.29 is 18.7 Å². The molecular weight excluding hydrogens is 383 g/mol. The second-order valence-corrected chi connectivity index (χ2v) is 6.81. The maximum Gasteiger partial charge on any atom is 0.258 e. The van der Waals surface area contributed by atoms with Crippen LogP contribution < -0.4 is 10.6 Å². The zero-order valence-corrected chi connectivity index (χ0v) is 16.8. The molecule has 0 heterocycles. The average Bonchev–Trinajstić information content (AvgIpc) is 2.76. The zero-order valence-electron chi connectivity index (χ0n) is 16.8. The molecule has 2 N–H and O–H groups in total. The van der Waals surface area contributed by atoms with Crippen molar-refractivity contribution in [1.82, 2.24) is 5.32 Å². The van der Waals surface area contributed by atoms with Crippen LogP contribution in [0.25, 0.3) is 0 Å². The SMILES string of the molecule is COC(CNC(=O)c1ccc(C)c(NC(=O)c2ccccc2F)c1)c1ccccc1. The third kappa shape index (κ3) is 5.10. The van der Waals surface area contributed by atoms with Gasteiger partial charge in [0.05, 0.1) is 11.7 Å². The standard InChI is InChI=1S/C24H23FN2O3/c1-16-12-13-18(14-21(16)27-24(29)19-10-6-7-11-20(19)25)23(28)26-15-22(30-2)17-8-4-3-5-9-17/h3-14,22H,15H2,1-2H3,(H,26,28)(H,27,29). The minimum Gasteiger partial charge on any atom is -0.375 e. The summed E-state index contributed by atoms with van der Waals surface area (Å²) in [5.74, 6) is -1.47. The number of nitrogens with one attached hydrogen (secondary N) is 2. The molecule has 30 heavy (non-hydrogen) atoms. The van der Waals surface area contributed by atoms with Gasteiger partial charge in [0.2, 0.25) is 0 Å². The van der Waals surface area contributed by atoms with Crippen molar-refractivity contribution in [3.63, 3.8) is 0 Å². The van der Waals surface area contributed by atoms with Gasteiger partial charge in [0, 0.05) is 24.9 Å². The third-order valence-corrected chi connectivity index (χ3v) is 4.77. The summed E-state index contributed by atoms with van der Waals surface area (Å²) in [5, 5.41) is 5.53. The first kappa shape index (κ1) is 21.2. The van der Waals surface area contributed by atoms with E-state index >= 15 is 0 Å². The first-order valence-electron chi connectivity index (χ1n) is 9.52. The smallest absolute Gasteiger partial charge is 0.258 e. The van der Waals surface area contributed by atoms with E-state index in [0.717, 1.165) is 11.1 Å². The molecule has 0 aromatic heterocycles. The van der Waals surface area contributed by atoms with Crippen molar-refractivity contribution in [2.75, 3.05) is 19.0 Å². The lowest BCUT2D eigenvalue weighted by Gasteiger charge is -2.17. The molecule has 5 nitrogen and oxygen atoms in total. The highest BCUT2D eigenvalue weighted by Crippen LogP contribution is 2.20. The summed E-state index contributed by atoms with van der Waals surface area (Å²) in [6.45, 7) is 2.10. The Labute approximate surface area is 174 Å². The number of carbonyl (C=O) groups is 2. The van der Waals surface area contributed by atoms with Gasteiger partial charge in [-0.25, -0.2) is 4.39 Å². The molecule has 6 heteroatoms. The van der Waals surface area contributed by atoms with Gasteiger partial charge in [0.25, 0.3) is 11.8 Å². The van der Waals surface area contributed by atoms with Gasteiger partial charge in [-0.05, 0) is 42.3 Å². The monoisotopic (exact) mass is 406 g/mol. The first-order valence-corrected chi connectivity index (χ1v) is 9.52. The van der Waals surface area contributed by atoms with Gasteiger partial charge < -0.3 is 15.4 Å². The molecule has 0 radical (unpaired) electrons. The molecule has 1 unspecified atom stereocenters. The third-order valence-electron chi connectivity index (χ3n) is 4.77. The van der Waals surface area contributed by atoms with E-state index in [1.807, 2.05) is 30.3 Å². The molecular formula is C24H23FN2O3. The number of methoxy groups -OCH3 is 1. The lowest BCUT2D eigenvalue weighted by atomic mass is 10.1. The predicted molar refractivity (Wildman–Crippen MR) is 114 cm³/mol. The number of halogens is 1. The minimum atomic E-state index is -0.604. The van der Waals surface area contributed by atoms with E-state index in [1.54, 1.807) is 38.3 Å². The van der Waals surface area contributed by atoms with Crippen LogP contribution >= 0.6 is 0 Å². The molecule has 3 aromatic carbocycles. The second-order valence-electron chi connectivity index (χ2n) is 6.81. The highest BCUT2D eigenvalue weighted by molar-refractivity contribution is 6.05. The maximum atomic E-state index is 13.9. The van der Waals surface area contributed by atoms with Crippen LogP contribution in [0.4, 0.5) is 10.1 Å². The first-order chi connectivity index (χ1) is 14.5. The van der Waals surface area contributed by atoms with Gasteiger partial charge in [0.1, 0.15) is 5.82 Å². The number of benzene rings is 3. The molecule has 1 atom stereocenters. The Morgan fingerprint density at radius 3 is 2.37 bits per heavy atom. The van der Waals surface area contributed by atoms with E-state index in [2.05, 4.69) is 10.6 Å². The lowest BCUT2D eigenvalue weighted by Crippen LogP contribution is -2.29. The number of anilines is 1. The molecule has 0 aliphatic rings. The summed E-state index contributed by atoms with van der Waals surface area (Å²) in [6.07, 6.45) is -0.277. The van der Waals surface area contributed by atoms with Gasteiger partial charge in [-0.15, -0.1) is 0 Å². The molecule has 0 aliphatic carbocycles. The summed E-state index contributed by atoms with van der Waals surface area (Å²) in [5.41, 5.74) is 2.49. The predicted octanol–water partition coefficient (Wildman–Crippen LogP) is 4.50. The average molecular weight is 406 g/mol. The highest BCUT2D eigenvalue weighted by Gasteiger charge is 2.16. The van der Waals surface area contributed by atoms with Crippen molar-refractivity contribution in [2.45, 2.75) is 13.0 Å². The maximum absolute atomic E-state index is 13.9. The molecule has 0 spiro atoms. The molecule has 0 bridgehead atoms.